The molecule has 0 aliphatic carbocycles. The van der Waals surface area contributed by atoms with Gasteiger partial charge in [-0.25, -0.2) is 6.29 Å². The van der Waals surface area contributed by atoms with Crippen molar-refractivity contribution in [1.82, 2.24) is 0 Å². The summed E-state index contributed by atoms with van der Waals surface area (Å²) in [4.78, 5) is 50.1. The number of methoxy groups -OCH3 is 2. The number of ether oxygens (including phenoxy) is 4. The molecule has 60 heavy (non-hydrogen) atoms. The van der Waals surface area contributed by atoms with Crippen LogP contribution in [0.5, 0.6) is 17.2 Å². The SMILES string of the molecule is COCCN(C[C-]=O)c1cc(COc2cc3c(cc2C)C(=O)N2c4ccccc4C[C@H]2CC3)cc(COc2cc3c(cc2OC)C(=O)N2c4ccccc4C[C@H]2C=N3)c1.[W]. The van der Waals surface area contributed by atoms with Crippen molar-refractivity contribution < 1.29 is 54.4 Å². The molecule has 0 radical (unpaired) electrons. The molecular weight excluding hydrogens is 928 g/mol. The quantitative estimate of drug-likeness (QED) is 0.112. The second kappa shape index (κ2) is 17.4. The van der Waals surface area contributed by atoms with Crippen molar-refractivity contribution >= 4 is 47.1 Å². The molecule has 2 amide bonds. The largest absolute Gasteiger partial charge is 0.540 e. The van der Waals surface area contributed by atoms with E-state index in [0.717, 1.165) is 69.7 Å². The van der Waals surface area contributed by atoms with E-state index in [-0.39, 0.29) is 64.7 Å². The summed E-state index contributed by atoms with van der Waals surface area (Å²) in [5.41, 5.74) is 10.3. The van der Waals surface area contributed by atoms with Crippen LogP contribution >= 0.6 is 0 Å². The van der Waals surface area contributed by atoms with Gasteiger partial charge in [0.1, 0.15) is 19.0 Å². The number of benzene rings is 5. The third-order valence-electron chi connectivity index (χ3n) is 11.8. The van der Waals surface area contributed by atoms with Gasteiger partial charge in [0, 0.05) is 82.1 Å². The monoisotopic (exact) mass is 973 g/mol. The summed E-state index contributed by atoms with van der Waals surface area (Å²) in [6.45, 7) is 3.31. The van der Waals surface area contributed by atoms with Crippen LogP contribution in [-0.2, 0) is 63.1 Å². The predicted molar refractivity (Wildman–Crippen MR) is 227 cm³/mol. The van der Waals surface area contributed by atoms with Gasteiger partial charge < -0.3 is 33.5 Å². The molecular formula is C48H45N4O7W-. The standard InChI is InChI=1S/C48H45N4O7.W/c1-30-18-39-33(12-13-36-22-34-8-4-6-10-42(34)51(36)47(39)54)24-44(30)58-28-31-19-32(21-37(20-31)50(14-16-53)15-17-56-2)29-59-46-26-41-40(25-45(46)57-3)48(55)52-38(27-49-41)23-35-9-5-7-11-43(35)52;/h4-11,18-21,24-27,36,38H,12-15,17,22-23,28-29H2,1-3H3;/q-1;/t36-,38+;/m1./s1. The molecule has 0 aromatic heterocycles. The molecule has 0 unspecified atom stereocenters. The number of hydrogen-bond acceptors (Lipinski definition) is 9. The van der Waals surface area contributed by atoms with Crippen LogP contribution in [0.1, 0.15) is 60.5 Å². The molecule has 0 saturated heterocycles. The van der Waals surface area contributed by atoms with E-state index in [1.54, 1.807) is 31.3 Å². The second-order valence-corrected chi connectivity index (χ2v) is 15.5. The molecule has 306 valence electrons. The molecule has 0 fully saturated rings. The summed E-state index contributed by atoms with van der Waals surface area (Å²) >= 11 is 0. The molecule has 0 spiro atoms. The van der Waals surface area contributed by atoms with Gasteiger partial charge in [-0.1, -0.05) is 42.9 Å². The molecule has 0 N–H and O–H groups in total. The zero-order valence-corrected chi connectivity index (χ0v) is 36.7. The van der Waals surface area contributed by atoms with E-state index in [2.05, 4.69) is 6.07 Å². The van der Waals surface area contributed by atoms with Crippen LogP contribution in [0.2, 0.25) is 0 Å². The van der Waals surface area contributed by atoms with E-state index >= 15 is 0 Å². The Bertz CT molecular complexity index is 2510. The van der Waals surface area contributed by atoms with Gasteiger partial charge in [0.2, 0.25) is 0 Å². The van der Waals surface area contributed by atoms with E-state index in [0.29, 0.717) is 48.1 Å². The van der Waals surface area contributed by atoms with E-state index in [1.807, 2.05) is 102 Å². The fraction of sp³-hybridized carbons (Fsp3) is 0.292. The number of hydrogen-bond donors (Lipinski definition) is 0. The summed E-state index contributed by atoms with van der Waals surface area (Å²) in [5, 5.41) is 0. The maximum Gasteiger partial charge on any atom is 0.261 e. The Hall–Kier alpha value is -5.77. The van der Waals surface area contributed by atoms with E-state index in [9.17, 15) is 14.4 Å². The average molecular weight is 974 g/mol. The fourth-order valence-corrected chi connectivity index (χ4v) is 8.89. The molecule has 9 rings (SSSR count). The number of para-hydroxylation sites is 2. The maximum absolute atomic E-state index is 14.0. The molecule has 12 heteroatoms. The summed E-state index contributed by atoms with van der Waals surface area (Å²) < 4.78 is 24.1. The summed E-state index contributed by atoms with van der Waals surface area (Å²) in [7, 11) is 3.18. The summed E-state index contributed by atoms with van der Waals surface area (Å²) in [5.74, 6) is 1.47. The van der Waals surface area contributed by atoms with E-state index in [1.165, 1.54) is 5.56 Å². The van der Waals surface area contributed by atoms with Crippen LogP contribution in [-0.4, -0.2) is 70.3 Å². The minimum atomic E-state index is -0.177. The number of rotatable bonds is 13. The van der Waals surface area contributed by atoms with Crippen LogP contribution < -0.4 is 28.9 Å². The van der Waals surface area contributed by atoms with Gasteiger partial charge in [-0.2, -0.15) is 0 Å². The number of amides is 2. The van der Waals surface area contributed by atoms with Crippen LogP contribution in [0.25, 0.3) is 0 Å². The van der Waals surface area contributed by atoms with Gasteiger partial charge in [-0.05, 0) is 108 Å². The van der Waals surface area contributed by atoms with Crippen LogP contribution in [0, 0.1) is 6.92 Å². The van der Waals surface area contributed by atoms with Gasteiger partial charge in [0.05, 0.1) is 31.0 Å². The molecule has 2 atom stereocenters. The maximum atomic E-state index is 14.0. The summed E-state index contributed by atoms with van der Waals surface area (Å²) in [6, 6.07) is 29.5. The van der Waals surface area contributed by atoms with Crippen molar-refractivity contribution in [2.75, 3.05) is 48.6 Å². The van der Waals surface area contributed by atoms with Gasteiger partial charge in [-0.15, -0.1) is 0 Å². The van der Waals surface area contributed by atoms with Crippen molar-refractivity contribution in [2.45, 2.75) is 57.9 Å². The van der Waals surface area contributed by atoms with Crippen molar-refractivity contribution in [3.63, 3.8) is 0 Å². The number of carbonyl (C=O) groups is 2. The predicted octanol–water partition coefficient (Wildman–Crippen LogP) is 7.53. The molecule has 11 nitrogen and oxygen atoms in total. The molecule has 0 bridgehead atoms. The van der Waals surface area contributed by atoms with Crippen molar-refractivity contribution in [3.8, 4) is 17.2 Å². The number of carbonyl (C=O) groups excluding carboxylic acids is 3. The first kappa shape index (κ1) is 41.0. The van der Waals surface area contributed by atoms with Crippen molar-refractivity contribution in [3.05, 3.63) is 136 Å². The number of fused-ring (bicyclic) bond motifs is 8. The Morgan fingerprint density at radius 3 is 2.17 bits per heavy atom. The number of aryl methyl sites for hydroxylation is 2. The topological polar surface area (TPSA) is 110 Å². The van der Waals surface area contributed by atoms with E-state index in [4.69, 9.17) is 23.9 Å². The Labute approximate surface area is 364 Å². The molecule has 4 aliphatic heterocycles. The van der Waals surface area contributed by atoms with Crippen LogP contribution in [0.4, 0.5) is 22.7 Å². The molecule has 4 aliphatic rings. The van der Waals surface area contributed by atoms with Gasteiger partial charge >= 0.3 is 0 Å². The third kappa shape index (κ3) is 7.72. The van der Waals surface area contributed by atoms with Gasteiger partial charge in [-0.3, -0.25) is 19.5 Å². The minimum absolute atomic E-state index is 0. The normalized spacial score (nSPS) is 16.9. The Kier molecular flexibility index (Phi) is 11.9. The Morgan fingerprint density at radius 1 is 0.767 bits per heavy atom. The van der Waals surface area contributed by atoms with E-state index < -0.39 is 0 Å². The molecule has 5 aromatic carbocycles. The Balaban J connectivity index is 0.00000499. The van der Waals surface area contributed by atoms with Crippen molar-refractivity contribution in [2.24, 2.45) is 4.99 Å². The van der Waals surface area contributed by atoms with Crippen LogP contribution in [0.3, 0.4) is 0 Å². The third-order valence-corrected chi connectivity index (χ3v) is 11.8. The van der Waals surface area contributed by atoms with Crippen LogP contribution in [0.15, 0.2) is 96.0 Å². The Morgan fingerprint density at radius 2 is 1.45 bits per heavy atom. The number of aliphatic imine (C=N–C) groups is 1. The molecule has 4 heterocycles. The second-order valence-electron chi connectivity index (χ2n) is 15.5. The first-order valence-electron chi connectivity index (χ1n) is 20.0. The van der Waals surface area contributed by atoms with Crippen molar-refractivity contribution in [1.29, 1.82) is 0 Å². The minimum Gasteiger partial charge on any atom is -0.540 e. The summed E-state index contributed by atoms with van der Waals surface area (Å²) in [6.07, 6.45) is 7.08. The molecule has 5 aromatic rings. The fourth-order valence-electron chi connectivity index (χ4n) is 8.89. The van der Waals surface area contributed by atoms with Gasteiger partial charge in [0.15, 0.2) is 11.5 Å². The first-order chi connectivity index (χ1) is 28.8. The zero-order valence-electron chi connectivity index (χ0n) is 33.8. The average Bonchev–Trinajstić information content (AvgIpc) is 3.75. The molecule has 0 saturated carbocycles. The zero-order chi connectivity index (χ0) is 40.6. The smallest absolute Gasteiger partial charge is 0.261 e. The first-order valence-corrected chi connectivity index (χ1v) is 20.0. The number of anilines is 3. The van der Waals surface area contributed by atoms with Gasteiger partial charge in [0.25, 0.3) is 11.8 Å². The number of nitrogens with zero attached hydrogens (tertiary/aromatic N) is 4.